The molecule has 1 N–H and O–H groups in total. The van der Waals surface area contributed by atoms with Gasteiger partial charge in [0.05, 0.1) is 25.2 Å². The minimum absolute atomic E-state index is 0.0439. The molecule has 30 heavy (non-hydrogen) atoms. The van der Waals surface area contributed by atoms with Gasteiger partial charge in [0.15, 0.2) is 11.0 Å². The van der Waals surface area contributed by atoms with E-state index in [1.165, 1.54) is 24.6 Å². The number of amides is 1. The Morgan fingerprint density at radius 2 is 2.13 bits per heavy atom. The number of aromatic nitrogens is 3. The molecule has 1 saturated carbocycles. The molecule has 158 valence electrons. The first-order valence-corrected chi connectivity index (χ1v) is 11.1. The van der Waals surface area contributed by atoms with Crippen molar-refractivity contribution in [3.05, 3.63) is 48.4 Å². The number of furan rings is 1. The predicted octanol–water partition coefficient (Wildman–Crippen LogP) is 4.13. The van der Waals surface area contributed by atoms with Crippen molar-refractivity contribution in [2.45, 2.75) is 55.6 Å². The van der Waals surface area contributed by atoms with Crippen LogP contribution in [0.25, 0.3) is 11.4 Å². The summed E-state index contributed by atoms with van der Waals surface area (Å²) in [5.41, 5.74) is 0.892. The quantitative estimate of drug-likeness (QED) is 0.545. The Labute approximate surface area is 180 Å². The lowest BCUT2D eigenvalue weighted by Gasteiger charge is -2.16. The van der Waals surface area contributed by atoms with Crippen molar-refractivity contribution >= 4 is 17.7 Å². The first kappa shape index (κ1) is 20.5. The third-order valence-electron chi connectivity index (χ3n) is 5.29. The highest BCUT2D eigenvalue weighted by Crippen LogP contribution is 2.30. The molecule has 8 heteroatoms. The van der Waals surface area contributed by atoms with Crippen molar-refractivity contribution < 1.29 is 13.9 Å². The second-order valence-electron chi connectivity index (χ2n) is 7.45. The van der Waals surface area contributed by atoms with Gasteiger partial charge >= 0.3 is 0 Å². The Hall–Kier alpha value is -2.74. The lowest BCUT2D eigenvalue weighted by Crippen LogP contribution is -2.37. The topological polar surface area (TPSA) is 82.2 Å². The van der Waals surface area contributed by atoms with Gasteiger partial charge in [0.2, 0.25) is 5.91 Å². The van der Waals surface area contributed by atoms with Gasteiger partial charge < -0.3 is 14.5 Å². The van der Waals surface area contributed by atoms with Crippen molar-refractivity contribution in [1.82, 2.24) is 20.1 Å². The Morgan fingerprint density at radius 1 is 1.30 bits per heavy atom. The molecule has 1 atom stereocenters. The zero-order chi connectivity index (χ0) is 20.9. The van der Waals surface area contributed by atoms with Gasteiger partial charge in [-0.2, -0.15) is 0 Å². The van der Waals surface area contributed by atoms with Crippen LogP contribution in [0.15, 0.2) is 52.2 Å². The van der Waals surface area contributed by atoms with Crippen molar-refractivity contribution in [1.29, 1.82) is 0 Å². The van der Waals surface area contributed by atoms with E-state index in [2.05, 4.69) is 15.5 Å². The number of rotatable bonds is 8. The predicted molar refractivity (Wildman–Crippen MR) is 116 cm³/mol. The molecule has 1 fully saturated rings. The van der Waals surface area contributed by atoms with Crippen molar-refractivity contribution in [2.24, 2.45) is 0 Å². The zero-order valence-electron chi connectivity index (χ0n) is 17.2. The van der Waals surface area contributed by atoms with Gasteiger partial charge in [-0.1, -0.05) is 36.7 Å². The average molecular weight is 427 g/mol. The molecular weight excluding hydrogens is 400 g/mol. The molecule has 0 radical (unpaired) electrons. The summed E-state index contributed by atoms with van der Waals surface area (Å²) in [7, 11) is 1.64. The maximum absolute atomic E-state index is 12.7. The van der Waals surface area contributed by atoms with Crippen LogP contribution in [-0.2, 0) is 11.3 Å². The van der Waals surface area contributed by atoms with E-state index >= 15 is 0 Å². The number of carbonyl (C=O) groups excluding carboxylic acids is 1. The molecule has 1 aliphatic rings. The van der Waals surface area contributed by atoms with Crippen LogP contribution in [0.2, 0.25) is 0 Å². The van der Waals surface area contributed by atoms with E-state index in [1.54, 1.807) is 13.4 Å². The Bertz CT molecular complexity index is 980. The number of hydrogen-bond acceptors (Lipinski definition) is 6. The summed E-state index contributed by atoms with van der Waals surface area (Å²) in [5.74, 6) is 2.29. The summed E-state index contributed by atoms with van der Waals surface area (Å²) >= 11 is 1.41. The summed E-state index contributed by atoms with van der Waals surface area (Å²) in [6, 6.07) is 11.8. The minimum Gasteiger partial charge on any atom is -0.497 e. The number of nitrogens with zero attached hydrogens (tertiary/aromatic N) is 3. The average Bonchev–Trinajstić information content (AvgIpc) is 3.52. The zero-order valence-corrected chi connectivity index (χ0v) is 18.0. The molecule has 1 amide bonds. The van der Waals surface area contributed by atoms with Crippen LogP contribution in [0.5, 0.6) is 5.75 Å². The molecule has 0 aliphatic heterocycles. The fourth-order valence-electron chi connectivity index (χ4n) is 3.65. The Kier molecular flexibility index (Phi) is 6.42. The molecule has 1 unspecified atom stereocenters. The molecular formula is C22H26N4O3S. The monoisotopic (exact) mass is 426 g/mol. The van der Waals surface area contributed by atoms with E-state index in [0.717, 1.165) is 29.9 Å². The number of carbonyl (C=O) groups is 1. The molecule has 3 aromatic rings. The fourth-order valence-corrected chi connectivity index (χ4v) is 4.51. The van der Waals surface area contributed by atoms with Crippen molar-refractivity contribution in [2.75, 3.05) is 7.11 Å². The van der Waals surface area contributed by atoms with Crippen LogP contribution < -0.4 is 10.1 Å². The summed E-state index contributed by atoms with van der Waals surface area (Å²) in [4.78, 5) is 12.7. The molecule has 7 nitrogen and oxygen atoms in total. The van der Waals surface area contributed by atoms with E-state index < -0.39 is 0 Å². The lowest BCUT2D eigenvalue weighted by atomic mass is 10.2. The van der Waals surface area contributed by atoms with Gasteiger partial charge in [0, 0.05) is 11.6 Å². The summed E-state index contributed by atoms with van der Waals surface area (Å²) in [6.45, 7) is 2.39. The molecule has 2 heterocycles. The Morgan fingerprint density at radius 3 is 2.87 bits per heavy atom. The van der Waals surface area contributed by atoms with E-state index in [0.29, 0.717) is 23.6 Å². The van der Waals surface area contributed by atoms with Crippen molar-refractivity contribution in [3.8, 4) is 17.1 Å². The van der Waals surface area contributed by atoms with Gasteiger partial charge in [0.25, 0.3) is 0 Å². The molecule has 0 saturated heterocycles. The number of ether oxygens (including phenoxy) is 1. The number of benzene rings is 1. The summed E-state index contributed by atoms with van der Waals surface area (Å²) in [6.07, 6.45) is 6.16. The van der Waals surface area contributed by atoms with Crippen LogP contribution in [0, 0.1) is 0 Å². The van der Waals surface area contributed by atoms with Crippen LogP contribution in [0.4, 0.5) is 0 Å². The van der Waals surface area contributed by atoms with Gasteiger partial charge in [0.1, 0.15) is 11.5 Å². The second-order valence-corrected chi connectivity index (χ2v) is 8.76. The lowest BCUT2D eigenvalue weighted by molar-refractivity contribution is -0.120. The largest absolute Gasteiger partial charge is 0.497 e. The van der Waals surface area contributed by atoms with Gasteiger partial charge in [-0.3, -0.25) is 9.36 Å². The molecule has 4 rings (SSSR count). The molecule has 0 bridgehead atoms. The highest BCUT2D eigenvalue weighted by Gasteiger charge is 2.24. The van der Waals surface area contributed by atoms with Crippen LogP contribution in [-0.4, -0.2) is 39.1 Å². The van der Waals surface area contributed by atoms with Crippen molar-refractivity contribution in [3.63, 3.8) is 0 Å². The van der Waals surface area contributed by atoms with E-state index in [-0.39, 0.29) is 11.2 Å². The van der Waals surface area contributed by atoms with Gasteiger partial charge in [-0.25, -0.2) is 0 Å². The molecule has 0 spiro atoms. The second kappa shape index (κ2) is 9.38. The number of hydrogen-bond donors (Lipinski definition) is 1. The highest BCUT2D eigenvalue weighted by atomic mass is 32.2. The first-order chi connectivity index (χ1) is 14.6. The van der Waals surface area contributed by atoms with Gasteiger partial charge in [-0.15, -0.1) is 10.2 Å². The smallest absolute Gasteiger partial charge is 0.233 e. The van der Waals surface area contributed by atoms with Crippen LogP contribution in [0.3, 0.4) is 0 Å². The standard InChI is InChI=1S/C22H26N4O3S/c1-15(21(27)23-17-8-3-4-9-17)30-22-25-24-20(16-7-5-10-18(13-16)28-2)26(22)14-19-11-6-12-29-19/h5-7,10-13,15,17H,3-4,8-9,14H2,1-2H3,(H,23,27). The third-order valence-corrected chi connectivity index (χ3v) is 6.37. The number of thioether (sulfide) groups is 1. The Balaban J connectivity index is 1.58. The summed E-state index contributed by atoms with van der Waals surface area (Å²) < 4.78 is 12.9. The highest BCUT2D eigenvalue weighted by molar-refractivity contribution is 8.00. The third kappa shape index (κ3) is 4.70. The minimum atomic E-state index is -0.275. The molecule has 1 aliphatic carbocycles. The maximum Gasteiger partial charge on any atom is 0.233 e. The van der Waals surface area contributed by atoms with Gasteiger partial charge in [-0.05, 0) is 44.0 Å². The van der Waals surface area contributed by atoms with Crippen LogP contribution in [0.1, 0.15) is 38.4 Å². The molecule has 2 aromatic heterocycles. The number of nitrogens with one attached hydrogen (secondary N) is 1. The van der Waals surface area contributed by atoms with E-state index in [9.17, 15) is 4.79 Å². The number of methoxy groups -OCH3 is 1. The maximum atomic E-state index is 12.7. The SMILES string of the molecule is COc1cccc(-c2nnc(SC(C)C(=O)NC3CCCC3)n2Cc2ccco2)c1. The summed E-state index contributed by atoms with van der Waals surface area (Å²) in [5, 5.41) is 12.4. The fraction of sp³-hybridized carbons (Fsp3) is 0.409. The first-order valence-electron chi connectivity index (χ1n) is 10.2. The van der Waals surface area contributed by atoms with E-state index in [4.69, 9.17) is 9.15 Å². The van der Waals surface area contributed by atoms with E-state index in [1.807, 2.05) is 47.9 Å². The molecule has 1 aromatic carbocycles. The normalized spacial score (nSPS) is 15.3. The van der Waals surface area contributed by atoms with Crippen LogP contribution >= 0.6 is 11.8 Å².